The summed E-state index contributed by atoms with van der Waals surface area (Å²) in [4.78, 5) is 13.2. The Hall–Kier alpha value is -1.44. The van der Waals surface area contributed by atoms with Gasteiger partial charge in [0.2, 0.25) is 15.9 Å². The number of rotatable bonds is 4. The van der Waals surface area contributed by atoms with Crippen LogP contribution in [0.1, 0.15) is 55.2 Å². The van der Waals surface area contributed by atoms with E-state index in [4.69, 9.17) is 5.73 Å². The fourth-order valence-corrected chi connectivity index (χ4v) is 6.61. The molecule has 1 unspecified atom stereocenters. The van der Waals surface area contributed by atoms with Gasteiger partial charge in [0.25, 0.3) is 0 Å². The Balaban J connectivity index is 1.80. The Morgan fingerprint density at radius 1 is 1.07 bits per heavy atom. The maximum absolute atomic E-state index is 13.4. The van der Waals surface area contributed by atoms with E-state index in [1.165, 1.54) is 4.31 Å². The zero-order valence-electron chi connectivity index (χ0n) is 16.5. The summed E-state index contributed by atoms with van der Waals surface area (Å²) in [5.41, 5.74) is 8.44. The van der Waals surface area contributed by atoms with E-state index in [1.54, 1.807) is 0 Å². The van der Waals surface area contributed by atoms with Gasteiger partial charge in [-0.1, -0.05) is 17.7 Å². The van der Waals surface area contributed by atoms with Gasteiger partial charge < -0.3 is 11.1 Å². The van der Waals surface area contributed by atoms with E-state index in [9.17, 15) is 13.2 Å². The summed E-state index contributed by atoms with van der Waals surface area (Å²) >= 11 is 0. The second kappa shape index (κ2) is 7.89. The predicted molar refractivity (Wildman–Crippen MR) is 106 cm³/mol. The fraction of sp³-hybridized carbons (Fsp3) is 0.650. The zero-order chi connectivity index (χ0) is 19.8. The van der Waals surface area contributed by atoms with Crippen LogP contribution in [0.15, 0.2) is 17.0 Å². The van der Waals surface area contributed by atoms with E-state index >= 15 is 0 Å². The maximum atomic E-state index is 13.4. The van der Waals surface area contributed by atoms with Crippen molar-refractivity contribution in [2.45, 2.75) is 82.3 Å². The molecule has 1 aliphatic heterocycles. The summed E-state index contributed by atoms with van der Waals surface area (Å²) < 4.78 is 28.1. The fourth-order valence-electron chi connectivity index (χ4n) is 4.54. The first-order valence-corrected chi connectivity index (χ1v) is 11.3. The highest BCUT2D eigenvalue weighted by atomic mass is 32.2. The maximum Gasteiger partial charge on any atom is 0.244 e. The zero-order valence-corrected chi connectivity index (χ0v) is 17.3. The van der Waals surface area contributed by atoms with Crippen LogP contribution < -0.4 is 11.1 Å². The van der Waals surface area contributed by atoms with Crippen LogP contribution >= 0.6 is 0 Å². The van der Waals surface area contributed by atoms with Crippen molar-refractivity contribution in [2.24, 2.45) is 5.73 Å². The summed E-state index contributed by atoms with van der Waals surface area (Å²) in [7, 11) is -3.71. The lowest BCUT2D eigenvalue weighted by Crippen LogP contribution is -2.50. The van der Waals surface area contributed by atoms with E-state index in [2.05, 4.69) is 5.32 Å². The molecule has 0 bridgehead atoms. The molecule has 7 heteroatoms. The van der Waals surface area contributed by atoms with Crippen LogP contribution in [0.25, 0.3) is 0 Å². The SMILES string of the molecule is Cc1cc(C)c(S(=O)(=O)N2CCCC2C(=O)NC2CCC(N)CC2)c(C)c1. The average Bonchev–Trinajstić information content (AvgIpc) is 3.06. The van der Waals surface area contributed by atoms with Gasteiger partial charge in [-0.05, 0) is 70.4 Å². The molecule has 1 atom stereocenters. The third-order valence-corrected chi connectivity index (χ3v) is 8.01. The van der Waals surface area contributed by atoms with Gasteiger partial charge in [-0.2, -0.15) is 4.31 Å². The topological polar surface area (TPSA) is 92.5 Å². The highest BCUT2D eigenvalue weighted by Crippen LogP contribution is 2.31. The summed E-state index contributed by atoms with van der Waals surface area (Å²) in [5, 5.41) is 3.07. The van der Waals surface area contributed by atoms with Crippen molar-refractivity contribution in [3.63, 3.8) is 0 Å². The molecule has 1 aliphatic carbocycles. The lowest BCUT2D eigenvalue weighted by atomic mass is 9.91. The van der Waals surface area contributed by atoms with Crippen molar-refractivity contribution in [3.8, 4) is 0 Å². The third-order valence-electron chi connectivity index (χ3n) is 5.80. The standard InChI is InChI=1S/C20H31N3O3S/c1-13-11-14(2)19(15(3)12-13)27(25,26)23-10-4-5-18(23)20(24)22-17-8-6-16(21)7-9-17/h11-12,16-18H,4-10,21H2,1-3H3,(H,22,24). The van der Waals surface area contributed by atoms with Crippen molar-refractivity contribution < 1.29 is 13.2 Å². The minimum atomic E-state index is -3.71. The molecule has 1 amide bonds. The number of carbonyl (C=O) groups is 1. The number of nitrogens with one attached hydrogen (secondary N) is 1. The molecule has 0 radical (unpaired) electrons. The molecule has 0 spiro atoms. The minimum Gasteiger partial charge on any atom is -0.352 e. The van der Waals surface area contributed by atoms with E-state index in [0.717, 1.165) is 42.4 Å². The van der Waals surface area contributed by atoms with Crippen molar-refractivity contribution in [2.75, 3.05) is 6.54 Å². The molecule has 1 aromatic rings. The van der Waals surface area contributed by atoms with Gasteiger partial charge in [0.1, 0.15) is 6.04 Å². The van der Waals surface area contributed by atoms with Gasteiger partial charge in [0.05, 0.1) is 4.90 Å². The number of hydrogen-bond donors (Lipinski definition) is 2. The van der Waals surface area contributed by atoms with Gasteiger partial charge in [-0.3, -0.25) is 4.79 Å². The summed E-state index contributed by atoms with van der Waals surface area (Å²) in [5.74, 6) is -0.168. The summed E-state index contributed by atoms with van der Waals surface area (Å²) in [6.45, 7) is 5.99. The Labute approximate surface area is 162 Å². The smallest absolute Gasteiger partial charge is 0.244 e. The summed E-state index contributed by atoms with van der Waals surface area (Å²) in [6, 6.07) is 3.47. The average molecular weight is 394 g/mol. The van der Waals surface area contributed by atoms with Gasteiger partial charge in [-0.15, -0.1) is 0 Å². The molecule has 6 nitrogen and oxygen atoms in total. The number of sulfonamides is 1. The molecule has 1 aromatic carbocycles. The van der Waals surface area contributed by atoms with Gasteiger partial charge in [0, 0.05) is 18.6 Å². The molecular weight excluding hydrogens is 362 g/mol. The molecule has 1 saturated heterocycles. The van der Waals surface area contributed by atoms with Crippen LogP contribution in [-0.4, -0.2) is 43.3 Å². The molecule has 2 fully saturated rings. The van der Waals surface area contributed by atoms with Crippen LogP contribution in [-0.2, 0) is 14.8 Å². The molecule has 1 heterocycles. The molecule has 150 valence electrons. The van der Waals surface area contributed by atoms with Gasteiger partial charge >= 0.3 is 0 Å². The van der Waals surface area contributed by atoms with E-state index in [-0.39, 0.29) is 18.0 Å². The Kier molecular flexibility index (Phi) is 5.93. The second-order valence-electron chi connectivity index (χ2n) is 8.12. The van der Waals surface area contributed by atoms with Crippen molar-refractivity contribution in [1.82, 2.24) is 9.62 Å². The lowest BCUT2D eigenvalue weighted by Gasteiger charge is -2.30. The number of carbonyl (C=O) groups excluding carboxylic acids is 1. The number of hydrogen-bond acceptors (Lipinski definition) is 4. The Morgan fingerprint density at radius 2 is 1.67 bits per heavy atom. The number of aryl methyl sites for hydroxylation is 3. The van der Waals surface area contributed by atoms with Gasteiger partial charge in [0.15, 0.2) is 0 Å². The largest absolute Gasteiger partial charge is 0.352 e. The first-order valence-electron chi connectivity index (χ1n) is 9.86. The Bertz CT molecular complexity index is 791. The number of nitrogens with two attached hydrogens (primary N) is 1. The highest BCUT2D eigenvalue weighted by molar-refractivity contribution is 7.89. The van der Waals surface area contributed by atoms with Crippen LogP contribution in [0.5, 0.6) is 0 Å². The van der Waals surface area contributed by atoms with Gasteiger partial charge in [-0.25, -0.2) is 8.42 Å². The van der Waals surface area contributed by atoms with Crippen molar-refractivity contribution in [3.05, 3.63) is 28.8 Å². The van der Waals surface area contributed by atoms with Crippen LogP contribution in [0.2, 0.25) is 0 Å². The third kappa shape index (κ3) is 4.20. The Morgan fingerprint density at radius 3 is 2.26 bits per heavy atom. The van der Waals surface area contributed by atoms with Crippen LogP contribution in [0.4, 0.5) is 0 Å². The first-order chi connectivity index (χ1) is 12.7. The second-order valence-corrected chi connectivity index (χ2v) is 9.95. The molecular formula is C20H31N3O3S. The number of amides is 1. The highest BCUT2D eigenvalue weighted by Gasteiger charge is 2.41. The van der Waals surface area contributed by atoms with E-state index < -0.39 is 16.1 Å². The number of benzene rings is 1. The molecule has 27 heavy (non-hydrogen) atoms. The van der Waals surface area contributed by atoms with Crippen molar-refractivity contribution >= 4 is 15.9 Å². The van der Waals surface area contributed by atoms with E-state index in [0.29, 0.717) is 24.3 Å². The molecule has 2 aliphatic rings. The number of nitrogens with zero attached hydrogens (tertiary/aromatic N) is 1. The van der Waals surface area contributed by atoms with Crippen molar-refractivity contribution in [1.29, 1.82) is 0 Å². The van der Waals surface area contributed by atoms with E-state index in [1.807, 2.05) is 32.9 Å². The van der Waals surface area contributed by atoms with Crippen LogP contribution in [0.3, 0.4) is 0 Å². The first kappa shape index (κ1) is 20.3. The predicted octanol–water partition coefficient (Wildman–Crippen LogP) is 2.15. The molecule has 3 N–H and O–H groups in total. The molecule has 0 aromatic heterocycles. The molecule has 1 saturated carbocycles. The molecule has 3 rings (SSSR count). The lowest BCUT2D eigenvalue weighted by molar-refractivity contribution is -0.125. The summed E-state index contributed by atoms with van der Waals surface area (Å²) in [6.07, 6.45) is 4.81. The minimum absolute atomic E-state index is 0.102. The quantitative estimate of drug-likeness (QED) is 0.820. The monoisotopic (exact) mass is 393 g/mol. The van der Waals surface area contributed by atoms with Crippen LogP contribution in [0, 0.1) is 20.8 Å². The normalized spacial score (nSPS) is 26.9.